The zero-order chi connectivity index (χ0) is 26.8. The van der Waals surface area contributed by atoms with Gasteiger partial charge in [0.15, 0.2) is 0 Å². The summed E-state index contributed by atoms with van der Waals surface area (Å²) in [5.41, 5.74) is 4.99. The molecular weight excluding hydrogens is 480 g/mol. The van der Waals surface area contributed by atoms with E-state index in [2.05, 4.69) is 62.1 Å². The summed E-state index contributed by atoms with van der Waals surface area (Å²) in [5.74, 6) is 0.957. The van der Waals surface area contributed by atoms with Gasteiger partial charge in [0.2, 0.25) is 5.91 Å². The quantitative estimate of drug-likeness (QED) is 0.358. The molecule has 2 N–H and O–H groups in total. The van der Waals surface area contributed by atoms with Crippen molar-refractivity contribution in [2.45, 2.75) is 13.0 Å². The second-order valence-electron chi connectivity index (χ2n) is 9.52. The van der Waals surface area contributed by atoms with E-state index in [1.807, 2.05) is 48.3 Å². The number of piperazine rings is 1. The molecule has 38 heavy (non-hydrogen) atoms. The molecule has 4 aromatic rings. The fourth-order valence-electron chi connectivity index (χ4n) is 4.88. The Morgan fingerprint density at radius 2 is 1.97 bits per heavy atom. The first-order valence-electron chi connectivity index (χ1n) is 12.5. The number of rotatable bonds is 7. The molecule has 0 aliphatic carbocycles. The van der Waals surface area contributed by atoms with Gasteiger partial charge in [-0.1, -0.05) is 18.7 Å². The fraction of sp³-hybridized carbons (Fsp3) is 0.286. The van der Waals surface area contributed by atoms with Crippen molar-refractivity contribution in [3.63, 3.8) is 0 Å². The van der Waals surface area contributed by atoms with Gasteiger partial charge in [0.1, 0.15) is 17.9 Å². The topological polar surface area (TPSA) is 100 Å². The molecule has 1 aliphatic heterocycles. The summed E-state index contributed by atoms with van der Waals surface area (Å²) in [6.45, 7) is 8.47. The van der Waals surface area contributed by atoms with Crippen LogP contribution in [0.2, 0.25) is 0 Å². The van der Waals surface area contributed by atoms with Crippen molar-refractivity contribution >= 4 is 39.7 Å². The van der Waals surface area contributed by atoms with Crippen molar-refractivity contribution in [2.75, 3.05) is 49.3 Å². The van der Waals surface area contributed by atoms with Crippen LogP contribution in [0.4, 0.5) is 22.9 Å². The minimum atomic E-state index is -0.279. The fourth-order valence-corrected chi connectivity index (χ4v) is 4.88. The Kier molecular flexibility index (Phi) is 6.97. The van der Waals surface area contributed by atoms with E-state index in [0.29, 0.717) is 22.9 Å². The first-order chi connectivity index (χ1) is 18.4. The summed E-state index contributed by atoms with van der Waals surface area (Å²) >= 11 is 0. The number of nitrogens with zero attached hydrogens (tertiary/aromatic N) is 6. The van der Waals surface area contributed by atoms with E-state index in [0.717, 1.165) is 47.5 Å². The molecule has 1 amide bonds. The van der Waals surface area contributed by atoms with E-state index in [1.165, 1.54) is 12.4 Å². The van der Waals surface area contributed by atoms with Gasteiger partial charge in [-0.05, 0) is 32.2 Å². The Morgan fingerprint density at radius 1 is 1.13 bits per heavy atom. The number of aryl methyl sites for hydroxylation is 1. The molecule has 10 nitrogen and oxygen atoms in total. The van der Waals surface area contributed by atoms with Gasteiger partial charge in [0.25, 0.3) is 0 Å². The third-order valence-corrected chi connectivity index (χ3v) is 6.88. The number of methoxy groups -OCH3 is 1. The first kappa shape index (κ1) is 25.2. The average molecular weight is 513 g/mol. The molecule has 0 radical (unpaired) electrons. The largest absolute Gasteiger partial charge is 0.494 e. The normalized spacial score (nSPS) is 15.9. The number of benzene rings is 2. The van der Waals surface area contributed by atoms with Crippen molar-refractivity contribution in [3.05, 3.63) is 61.6 Å². The number of fused-ring (bicyclic) bond motifs is 1. The van der Waals surface area contributed by atoms with Crippen LogP contribution < -0.4 is 20.3 Å². The zero-order valence-electron chi connectivity index (χ0n) is 22.1. The molecule has 196 valence electrons. The molecule has 0 unspecified atom stereocenters. The van der Waals surface area contributed by atoms with Gasteiger partial charge in [0.05, 0.1) is 41.6 Å². The highest BCUT2D eigenvalue weighted by Crippen LogP contribution is 2.40. The summed E-state index contributed by atoms with van der Waals surface area (Å²) in [7, 11) is 5.67. The van der Waals surface area contributed by atoms with E-state index >= 15 is 0 Å². The van der Waals surface area contributed by atoms with Gasteiger partial charge >= 0.3 is 0 Å². The van der Waals surface area contributed by atoms with Crippen LogP contribution in [0.15, 0.2) is 61.6 Å². The number of carbonyl (C=O) groups is 1. The number of carbonyl (C=O) groups excluding carboxylic acids is 1. The van der Waals surface area contributed by atoms with Crippen LogP contribution in [-0.4, -0.2) is 70.4 Å². The average Bonchev–Trinajstić information content (AvgIpc) is 3.29. The van der Waals surface area contributed by atoms with E-state index < -0.39 is 0 Å². The van der Waals surface area contributed by atoms with Crippen molar-refractivity contribution in [3.8, 4) is 17.0 Å². The van der Waals surface area contributed by atoms with Crippen molar-refractivity contribution < 1.29 is 9.53 Å². The maximum atomic E-state index is 12.3. The lowest BCUT2D eigenvalue weighted by Gasteiger charge is -2.40. The van der Waals surface area contributed by atoms with E-state index in [4.69, 9.17) is 4.74 Å². The number of aromatic nitrogens is 4. The lowest BCUT2D eigenvalue weighted by atomic mass is 10.1. The Hall–Kier alpha value is -4.44. The predicted molar refractivity (Wildman–Crippen MR) is 151 cm³/mol. The predicted octanol–water partition coefficient (Wildman–Crippen LogP) is 4.05. The summed E-state index contributed by atoms with van der Waals surface area (Å²) in [6.07, 6.45) is 4.64. The van der Waals surface area contributed by atoms with Crippen LogP contribution in [0.3, 0.4) is 0 Å². The second-order valence-corrected chi connectivity index (χ2v) is 9.52. The van der Waals surface area contributed by atoms with Crippen LogP contribution in [0.25, 0.3) is 22.2 Å². The maximum Gasteiger partial charge on any atom is 0.247 e. The van der Waals surface area contributed by atoms with Crippen LogP contribution >= 0.6 is 0 Å². The van der Waals surface area contributed by atoms with Crippen LogP contribution in [0, 0.1) is 0 Å². The summed E-state index contributed by atoms with van der Waals surface area (Å²) < 4.78 is 7.61. The highest BCUT2D eigenvalue weighted by molar-refractivity contribution is 6.02. The third-order valence-electron chi connectivity index (χ3n) is 6.88. The number of likely N-dealkylation sites (N-methyl/N-ethyl adjacent to an activating group) is 1. The monoisotopic (exact) mass is 512 g/mol. The minimum absolute atomic E-state index is 0.262. The summed E-state index contributed by atoms with van der Waals surface area (Å²) in [4.78, 5) is 25.8. The minimum Gasteiger partial charge on any atom is -0.494 e. The van der Waals surface area contributed by atoms with Gasteiger partial charge in [-0.15, -0.1) is 0 Å². The molecule has 10 heteroatoms. The van der Waals surface area contributed by atoms with Crippen molar-refractivity contribution in [1.29, 1.82) is 0 Å². The van der Waals surface area contributed by atoms with Crippen molar-refractivity contribution in [2.24, 2.45) is 7.05 Å². The number of hydrogen-bond acceptors (Lipinski definition) is 8. The molecule has 5 rings (SSSR count). The summed E-state index contributed by atoms with van der Waals surface area (Å²) in [6, 6.07) is 12.1. The highest BCUT2D eigenvalue weighted by atomic mass is 16.5. The van der Waals surface area contributed by atoms with Crippen molar-refractivity contribution in [1.82, 2.24) is 24.6 Å². The molecule has 0 spiro atoms. The van der Waals surface area contributed by atoms with Gasteiger partial charge in [0, 0.05) is 55.8 Å². The van der Waals surface area contributed by atoms with Gasteiger partial charge in [-0.2, -0.15) is 5.10 Å². The molecule has 1 fully saturated rings. The number of nitrogens with one attached hydrogen (secondary N) is 2. The summed E-state index contributed by atoms with van der Waals surface area (Å²) in [5, 5.41) is 11.7. The number of anilines is 4. The number of ether oxygens (including phenoxy) is 1. The van der Waals surface area contributed by atoms with Crippen LogP contribution in [0.1, 0.15) is 6.92 Å². The number of amides is 1. The van der Waals surface area contributed by atoms with Crippen LogP contribution in [0.5, 0.6) is 5.75 Å². The molecule has 3 heterocycles. The zero-order valence-corrected chi connectivity index (χ0v) is 22.1. The van der Waals surface area contributed by atoms with E-state index in [1.54, 1.807) is 7.11 Å². The Balaban J connectivity index is 1.50. The SMILES string of the molecule is C=CC(=O)Nc1cc(Nc2cc(-c3ccc4cnn(C)c4c3)ncn2)c(OC)cc1N1CCN(C)C[C@H]1C. The van der Waals surface area contributed by atoms with Gasteiger partial charge < -0.3 is 25.2 Å². The third kappa shape index (κ3) is 5.03. The van der Waals surface area contributed by atoms with E-state index in [9.17, 15) is 4.79 Å². The highest BCUT2D eigenvalue weighted by Gasteiger charge is 2.26. The first-order valence-corrected chi connectivity index (χ1v) is 12.5. The molecule has 0 saturated carbocycles. The molecule has 0 bridgehead atoms. The lowest BCUT2D eigenvalue weighted by Crippen LogP contribution is -2.50. The molecule has 2 aromatic carbocycles. The smallest absolute Gasteiger partial charge is 0.247 e. The lowest BCUT2D eigenvalue weighted by molar-refractivity contribution is -0.111. The number of hydrogen-bond donors (Lipinski definition) is 2. The second kappa shape index (κ2) is 10.5. The Morgan fingerprint density at radius 3 is 2.74 bits per heavy atom. The van der Waals surface area contributed by atoms with Gasteiger partial charge in [-0.3, -0.25) is 9.48 Å². The Labute approximate surface area is 221 Å². The molecular formula is C28H32N8O2. The van der Waals surface area contributed by atoms with Gasteiger partial charge in [-0.25, -0.2) is 9.97 Å². The van der Waals surface area contributed by atoms with Crippen LogP contribution in [-0.2, 0) is 11.8 Å². The Bertz CT molecular complexity index is 1500. The molecule has 1 saturated heterocycles. The molecule has 2 aromatic heterocycles. The maximum absolute atomic E-state index is 12.3. The molecule has 1 aliphatic rings. The van der Waals surface area contributed by atoms with E-state index in [-0.39, 0.29) is 11.9 Å². The standard InChI is InChI=1S/C28H32N8O2/c1-6-28(37)33-22-12-23(26(38-5)14-25(22)36-10-9-34(3)16-18(36)2)32-27-13-21(29-17-30-27)19-7-8-20-15-31-35(4)24(20)11-19/h6-8,11-15,17-18H,1,9-10,16H2,2-5H3,(H,33,37)(H,29,30,32)/t18-/m1/s1. The molecule has 1 atom stereocenters.